The van der Waals surface area contributed by atoms with E-state index in [0.717, 1.165) is 5.69 Å². The SMILES string of the molecule is Cc1cc(C)c(C(=O)O)c(Sc2nccn3cnnc23)n1. The Morgan fingerprint density at radius 3 is 2.90 bits per heavy atom. The van der Waals surface area contributed by atoms with Crippen molar-refractivity contribution in [3.8, 4) is 0 Å². The van der Waals surface area contributed by atoms with Gasteiger partial charge in [0.05, 0.1) is 5.56 Å². The fraction of sp³-hybridized carbons (Fsp3) is 0.154. The zero-order valence-corrected chi connectivity index (χ0v) is 12.1. The first kappa shape index (κ1) is 13.5. The number of pyridine rings is 1. The summed E-state index contributed by atoms with van der Waals surface area (Å²) in [6, 6.07) is 1.75. The molecule has 0 unspecified atom stereocenters. The summed E-state index contributed by atoms with van der Waals surface area (Å²) in [5.74, 6) is -1.00. The zero-order chi connectivity index (χ0) is 15.0. The largest absolute Gasteiger partial charge is 0.478 e. The minimum Gasteiger partial charge on any atom is -0.478 e. The molecule has 0 fully saturated rings. The van der Waals surface area contributed by atoms with Crippen molar-refractivity contribution in [2.45, 2.75) is 23.9 Å². The van der Waals surface area contributed by atoms with Crippen LogP contribution in [0, 0.1) is 13.8 Å². The third-order valence-corrected chi connectivity index (χ3v) is 3.87. The third-order valence-electron chi connectivity index (χ3n) is 2.90. The van der Waals surface area contributed by atoms with Gasteiger partial charge in [-0.3, -0.25) is 4.40 Å². The van der Waals surface area contributed by atoms with Crippen LogP contribution < -0.4 is 0 Å². The first-order valence-electron chi connectivity index (χ1n) is 6.10. The number of carbonyl (C=O) groups is 1. The van der Waals surface area contributed by atoms with E-state index in [1.165, 1.54) is 11.8 Å². The lowest BCUT2D eigenvalue weighted by Crippen LogP contribution is -2.05. The number of carboxylic acids is 1. The lowest BCUT2D eigenvalue weighted by Gasteiger charge is -2.09. The molecule has 3 rings (SSSR count). The van der Waals surface area contributed by atoms with Crippen molar-refractivity contribution >= 4 is 23.4 Å². The number of carboxylic acid groups (broad SMARTS) is 1. The van der Waals surface area contributed by atoms with Gasteiger partial charge in [0.1, 0.15) is 16.4 Å². The van der Waals surface area contributed by atoms with Crippen LogP contribution in [0.3, 0.4) is 0 Å². The minimum absolute atomic E-state index is 0.189. The highest BCUT2D eigenvalue weighted by Crippen LogP contribution is 2.31. The molecule has 0 saturated heterocycles. The standard InChI is InChI=1S/C13H11N5O2S/c1-7-5-8(2)16-11(9(7)13(19)20)21-12-10-17-15-6-18(10)4-3-14-12/h3-6H,1-2H3,(H,19,20). The van der Waals surface area contributed by atoms with Crippen molar-refractivity contribution in [2.24, 2.45) is 0 Å². The maximum absolute atomic E-state index is 11.5. The molecule has 1 N–H and O–H groups in total. The summed E-state index contributed by atoms with van der Waals surface area (Å²) in [6.07, 6.45) is 4.91. The lowest BCUT2D eigenvalue weighted by molar-refractivity contribution is 0.0691. The van der Waals surface area contributed by atoms with Gasteiger partial charge in [-0.05, 0) is 37.2 Å². The number of nitrogens with zero attached hydrogens (tertiary/aromatic N) is 5. The molecule has 0 aliphatic heterocycles. The second-order valence-electron chi connectivity index (χ2n) is 4.46. The van der Waals surface area contributed by atoms with E-state index in [2.05, 4.69) is 20.2 Å². The highest BCUT2D eigenvalue weighted by Gasteiger charge is 2.18. The zero-order valence-electron chi connectivity index (χ0n) is 11.3. The molecular formula is C13H11N5O2S. The summed E-state index contributed by atoms with van der Waals surface area (Å²) in [4.78, 5) is 20.0. The van der Waals surface area contributed by atoms with Crippen molar-refractivity contribution in [3.63, 3.8) is 0 Å². The summed E-state index contributed by atoms with van der Waals surface area (Å²) in [6.45, 7) is 3.58. The third kappa shape index (κ3) is 2.45. The topological polar surface area (TPSA) is 93.3 Å². The average molecular weight is 301 g/mol. The van der Waals surface area contributed by atoms with Crippen LogP contribution in [0.5, 0.6) is 0 Å². The normalized spacial score (nSPS) is 11.0. The van der Waals surface area contributed by atoms with Crippen LogP contribution in [-0.4, -0.2) is 35.6 Å². The van der Waals surface area contributed by atoms with E-state index in [4.69, 9.17) is 0 Å². The number of hydrogen-bond donors (Lipinski definition) is 1. The first-order chi connectivity index (χ1) is 10.1. The number of fused-ring (bicyclic) bond motifs is 1. The molecule has 7 nitrogen and oxygen atoms in total. The molecule has 21 heavy (non-hydrogen) atoms. The van der Waals surface area contributed by atoms with Crippen molar-refractivity contribution in [1.29, 1.82) is 0 Å². The van der Waals surface area contributed by atoms with Gasteiger partial charge in [0, 0.05) is 18.1 Å². The quantitative estimate of drug-likeness (QED) is 0.790. The van der Waals surface area contributed by atoms with E-state index in [1.54, 1.807) is 36.1 Å². The van der Waals surface area contributed by atoms with Crippen LogP contribution in [0.4, 0.5) is 0 Å². The lowest BCUT2D eigenvalue weighted by atomic mass is 10.1. The summed E-state index contributed by atoms with van der Waals surface area (Å²) in [5, 5.41) is 18.2. The molecule has 3 heterocycles. The Balaban J connectivity index is 2.13. The highest BCUT2D eigenvalue weighted by atomic mass is 32.2. The maximum atomic E-state index is 11.5. The van der Waals surface area contributed by atoms with Gasteiger partial charge < -0.3 is 5.11 Å². The predicted molar refractivity (Wildman–Crippen MR) is 75.6 cm³/mol. The van der Waals surface area contributed by atoms with Crippen LogP contribution in [0.2, 0.25) is 0 Å². The molecule has 0 aliphatic carbocycles. The smallest absolute Gasteiger partial charge is 0.338 e. The fourth-order valence-corrected chi connectivity index (χ4v) is 3.11. The molecule has 0 bridgehead atoms. The molecule has 8 heteroatoms. The molecule has 0 amide bonds. The van der Waals surface area contributed by atoms with Crippen LogP contribution in [0.15, 0.2) is 34.8 Å². The first-order valence-corrected chi connectivity index (χ1v) is 6.91. The second-order valence-corrected chi connectivity index (χ2v) is 5.44. The molecular weight excluding hydrogens is 290 g/mol. The minimum atomic E-state index is -1.00. The molecule has 0 radical (unpaired) electrons. The Kier molecular flexibility index (Phi) is 3.30. The number of aromatic nitrogens is 5. The molecule has 0 spiro atoms. The molecule has 3 aromatic rings. The van der Waals surface area contributed by atoms with E-state index in [9.17, 15) is 9.90 Å². The fourth-order valence-electron chi connectivity index (χ4n) is 2.04. The van der Waals surface area contributed by atoms with E-state index in [1.807, 2.05) is 6.92 Å². The Bertz CT molecular complexity index is 846. The summed E-state index contributed by atoms with van der Waals surface area (Å²) in [5.41, 5.74) is 2.19. The monoisotopic (exact) mass is 301 g/mol. The second kappa shape index (κ2) is 5.13. The van der Waals surface area contributed by atoms with Gasteiger partial charge in [-0.2, -0.15) is 0 Å². The van der Waals surface area contributed by atoms with Crippen LogP contribution in [0.1, 0.15) is 21.6 Å². The summed E-state index contributed by atoms with van der Waals surface area (Å²) >= 11 is 1.18. The Morgan fingerprint density at radius 2 is 2.14 bits per heavy atom. The Hall–Kier alpha value is -2.48. The van der Waals surface area contributed by atoms with Gasteiger partial charge in [0.15, 0.2) is 5.65 Å². The predicted octanol–water partition coefficient (Wildman–Crippen LogP) is 1.99. The molecule has 0 aliphatic rings. The molecule has 0 aromatic carbocycles. The van der Waals surface area contributed by atoms with Crippen molar-refractivity contribution in [3.05, 3.63) is 41.6 Å². The van der Waals surface area contributed by atoms with Gasteiger partial charge in [-0.1, -0.05) is 0 Å². The van der Waals surface area contributed by atoms with Crippen LogP contribution in [0.25, 0.3) is 5.65 Å². The van der Waals surface area contributed by atoms with Crippen LogP contribution in [-0.2, 0) is 0 Å². The number of rotatable bonds is 3. The van der Waals surface area contributed by atoms with E-state index >= 15 is 0 Å². The Morgan fingerprint density at radius 1 is 1.33 bits per heavy atom. The summed E-state index contributed by atoms with van der Waals surface area (Å²) < 4.78 is 1.72. The van der Waals surface area contributed by atoms with Crippen LogP contribution >= 0.6 is 11.8 Å². The maximum Gasteiger partial charge on any atom is 0.338 e. The highest BCUT2D eigenvalue weighted by molar-refractivity contribution is 7.99. The van der Waals surface area contributed by atoms with Gasteiger partial charge in [-0.25, -0.2) is 14.8 Å². The van der Waals surface area contributed by atoms with Crippen molar-refractivity contribution < 1.29 is 9.90 Å². The number of aryl methyl sites for hydroxylation is 2. The Labute approximate surface area is 124 Å². The van der Waals surface area contributed by atoms with Gasteiger partial charge in [-0.15, -0.1) is 10.2 Å². The molecule has 0 saturated carbocycles. The van der Waals surface area contributed by atoms with Crippen molar-refractivity contribution in [2.75, 3.05) is 0 Å². The molecule has 106 valence electrons. The summed E-state index contributed by atoms with van der Waals surface area (Å²) in [7, 11) is 0. The van der Waals surface area contributed by atoms with Gasteiger partial charge >= 0.3 is 5.97 Å². The average Bonchev–Trinajstić information content (AvgIpc) is 2.86. The van der Waals surface area contributed by atoms with E-state index in [0.29, 0.717) is 21.3 Å². The van der Waals surface area contributed by atoms with Gasteiger partial charge in [0.25, 0.3) is 0 Å². The van der Waals surface area contributed by atoms with Crippen molar-refractivity contribution in [1.82, 2.24) is 24.6 Å². The van der Waals surface area contributed by atoms with Gasteiger partial charge in [0.2, 0.25) is 0 Å². The van der Waals surface area contributed by atoms with E-state index < -0.39 is 5.97 Å². The van der Waals surface area contributed by atoms with E-state index in [-0.39, 0.29) is 5.56 Å². The molecule has 0 atom stereocenters. The number of hydrogen-bond acceptors (Lipinski definition) is 6. The number of aromatic carboxylic acids is 1. The molecule has 3 aromatic heterocycles.